The summed E-state index contributed by atoms with van der Waals surface area (Å²) in [5.74, 6) is 0.219. The van der Waals surface area contributed by atoms with Gasteiger partial charge in [-0.05, 0) is 39.8 Å². The molecule has 0 spiro atoms. The lowest BCUT2D eigenvalue weighted by Gasteiger charge is -2.31. The Morgan fingerprint density at radius 2 is 1.90 bits per heavy atom. The molecule has 20 heavy (non-hydrogen) atoms. The maximum atomic E-state index is 11.4. The molecule has 4 heteroatoms. The molecule has 0 aromatic heterocycles. The third kappa shape index (κ3) is 7.06. The molecule has 1 heterocycles. The Morgan fingerprint density at radius 1 is 1.25 bits per heavy atom. The number of rotatable bonds is 7. The van der Waals surface area contributed by atoms with Gasteiger partial charge in [-0.25, -0.2) is 0 Å². The average Bonchev–Trinajstić information content (AvgIpc) is 2.42. The van der Waals surface area contributed by atoms with E-state index in [2.05, 4.69) is 35.5 Å². The largest absolute Gasteiger partial charge is 0.355 e. The summed E-state index contributed by atoms with van der Waals surface area (Å²) in [5.41, 5.74) is 1.39. The minimum atomic E-state index is 0.0771. The molecule has 0 aromatic carbocycles. The first kappa shape index (κ1) is 17.2. The van der Waals surface area contributed by atoms with Gasteiger partial charge >= 0.3 is 0 Å². The number of likely N-dealkylation sites (tertiary alicyclic amines) is 1. The number of nitrogens with one attached hydrogen (secondary N) is 2. The molecule has 1 saturated heterocycles. The molecule has 2 N–H and O–H groups in total. The first-order chi connectivity index (χ1) is 9.49. The van der Waals surface area contributed by atoms with Crippen molar-refractivity contribution in [3.05, 3.63) is 11.6 Å². The number of hydrogen-bond acceptors (Lipinski definition) is 3. The molecule has 0 atom stereocenters. The summed E-state index contributed by atoms with van der Waals surface area (Å²) in [6.07, 6.45) is 4.71. The topological polar surface area (TPSA) is 44.4 Å². The van der Waals surface area contributed by atoms with Crippen LogP contribution >= 0.6 is 0 Å². The van der Waals surface area contributed by atoms with Gasteiger partial charge < -0.3 is 10.6 Å². The highest BCUT2D eigenvalue weighted by atomic mass is 16.1. The van der Waals surface area contributed by atoms with Crippen LogP contribution in [0.25, 0.3) is 0 Å². The van der Waals surface area contributed by atoms with E-state index in [0.29, 0.717) is 6.04 Å². The van der Waals surface area contributed by atoms with Crippen molar-refractivity contribution < 1.29 is 4.79 Å². The summed E-state index contributed by atoms with van der Waals surface area (Å²) in [4.78, 5) is 13.9. The van der Waals surface area contributed by atoms with Crippen molar-refractivity contribution >= 4 is 5.91 Å². The van der Waals surface area contributed by atoms with Gasteiger partial charge in [-0.2, -0.15) is 0 Å². The quantitative estimate of drug-likeness (QED) is 0.552. The Labute approximate surface area is 124 Å². The normalized spacial score (nSPS) is 17.2. The number of hydrogen-bond donors (Lipinski definition) is 2. The first-order valence-electron chi connectivity index (χ1n) is 7.86. The van der Waals surface area contributed by atoms with Crippen molar-refractivity contribution in [1.82, 2.24) is 15.5 Å². The predicted octanol–water partition coefficient (Wildman–Crippen LogP) is 1.78. The summed E-state index contributed by atoms with van der Waals surface area (Å²) in [6, 6.07) is 0.605. The number of piperidine rings is 1. The zero-order valence-corrected chi connectivity index (χ0v) is 13.5. The zero-order chi connectivity index (χ0) is 15.0. The molecule has 1 amide bonds. The lowest BCUT2D eigenvalue weighted by atomic mass is 10.0. The molecular weight excluding hydrogens is 250 g/mol. The molecule has 0 unspecified atom stereocenters. The van der Waals surface area contributed by atoms with Crippen molar-refractivity contribution in [3.63, 3.8) is 0 Å². The third-order valence-corrected chi connectivity index (χ3v) is 3.73. The van der Waals surface area contributed by atoms with E-state index in [0.717, 1.165) is 19.6 Å². The highest BCUT2D eigenvalue weighted by molar-refractivity contribution is 5.77. The number of allylic oxidation sites excluding steroid dienone is 1. The van der Waals surface area contributed by atoms with Crippen LogP contribution in [0, 0.1) is 5.92 Å². The molecular formula is C16H31N3O. The second-order valence-electron chi connectivity index (χ2n) is 6.26. The van der Waals surface area contributed by atoms with Crippen LogP contribution in [0.5, 0.6) is 0 Å². The van der Waals surface area contributed by atoms with Crippen molar-refractivity contribution in [3.8, 4) is 0 Å². The molecule has 0 bridgehead atoms. The van der Waals surface area contributed by atoms with Crippen LogP contribution in [0.1, 0.15) is 40.5 Å². The molecule has 4 nitrogen and oxygen atoms in total. The third-order valence-electron chi connectivity index (χ3n) is 3.73. The van der Waals surface area contributed by atoms with Crippen molar-refractivity contribution in [2.45, 2.75) is 46.6 Å². The van der Waals surface area contributed by atoms with Crippen LogP contribution in [0.3, 0.4) is 0 Å². The molecule has 0 aromatic rings. The van der Waals surface area contributed by atoms with Gasteiger partial charge in [0, 0.05) is 31.6 Å². The summed E-state index contributed by atoms with van der Waals surface area (Å²) in [6.45, 7) is 13.2. The highest BCUT2D eigenvalue weighted by Gasteiger charge is 2.17. The minimum Gasteiger partial charge on any atom is -0.355 e. The summed E-state index contributed by atoms with van der Waals surface area (Å²) in [5, 5.41) is 6.49. The van der Waals surface area contributed by atoms with E-state index in [1.165, 1.54) is 31.5 Å². The van der Waals surface area contributed by atoms with Crippen LogP contribution < -0.4 is 10.6 Å². The fourth-order valence-electron chi connectivity index (χ4n) is 2.30. The van der Waals surface area contributed by atoms with Gasteiger partial charge in [0.2, 0.25) is 5.91 Å². The lowest BCUT2D eigenvalue weighted by molar-refractivity contribution is -0.123. The monoisotopic (exact) mass is 281 g/mol. The Morgan fingerprint density at radius 3 is 2.45 bits per heavy atom. The predicted molar refractivity (Wildman–Crippen MR) is 84.7 cm³/mol. The van der Waals surface area contributed by atoms with Gasteiger partial charge in [-0.3, -0.25) is 9.69 Å². The van der Waals surface area contributed by atoms with Crippen LogP contribution in [0.15, 0.2) is 11.6 Å². The Bertz CT molecular complexity index is 314. The molecule has 1 fully saturated rings. The molecule has 116 valence electrons. The van der Waals surface area contributed by atoms with E-state index < -0.39 is 0 Å². The van der Waals surface area contributed by atoms with Crippen LogP contribution in [-0.2, 0) is 4.79 Å². The van der Waals surface area contributed by atoms with Crippen LogP contribution in [0.4, 0.5) is 0 Å². The van der Waals surface area contributed by atoms with E-state index in [4.69, 9.17) is 0 Å². The van der Waals surface area contributed by atoms with Gasteiger partial charge in [0.1, 0.15) is 0 Å². The molecule has 0 radical (unpaired) electrons. The van der Waals surface area contributed by atoms with Crippen molar-refractivity contribution in [1.29, 1.82) is 0 Å². The fraction of sp³-hybridized carbons (Fsp3) is 0.812. The Balaban J connectivity index is 2.08. The maximum Gasteiger partial charge on any atom is 0.222 e. The van der Waals surface area contributed by atoms with Crippen LogP contribution in [-0.4, -0.2) is 49.6 Å². The van der Waals surface area contributed by atoms with Gasteiger partial charge in [0.05, 0.1) is 0 Å². The van der Waals surface area contributed by atoms with E-state index in [1.807, 2.05) is 13.8 Å². The smallest absolute Gasteiger partial charge is 0.222 e. The first-order valence-corrected chi connectivity index (χ1v) is 7.86. The number of carbonyl (C=O) groups excluding carboxylic acids is 1. The Hall–Kier alpha value is -0.870. The molecule has 1 rings (SSSR count). The zero-order valence-electron chi connectivity index (χ0n) is 13.5. The van der Waals surface area contributed by atoms with Gasteiger partial charge in [-0.1, -0.05) is 25.5 Å². The molecule has 1 aliphatic rings. The number of amides is 1. The molecule has 1 aliphatic heterocycles. The highest BCUT2D eigenvalue weighted by Crippen LogP contribution is 2.10. The van der Waals surface area contributed by atoms with Crippen LogP contribution in [0.2, 0.25) is 0 Å². The minimum absolute atomic E-state index is 0.0771. The van der Waals surface area contributed by atoms with Gasteiger partial charge in [-0.15, -0.1) is 0 Å². The van der Waals surface area contributed by atoms with E-state index in [-0.39, 0.29) is 11.8 Å². The number of nitrogens with zero attached hydrogens (tertiary/aromatic N) is 1. The maximum absolute atomic E-state index is 11.4. The van der Waals surface area contributed by atoms with Crippen molar-refractivity contribution in [2.24, 2.45) is 5.92 Å². The van der Waals surface area contributed by atoms with E-state index in [1.54, 1.807) is 0 Å². The summed E-state index contributed by atoms with van der Waals surface area (Å²) >= 11 is 0. The summed E-state index contributed by atoms with van der Waals surface area (Å²) in [7, 11) is 0. The van der Waals surface area contributed by atoms with E-state index >= 15 is 0 Å². The second-order valence-corrected chi connectivity index (χ2v) is 6.26. The van der Waals surface area contributed by atoms with Gasteiger partial charge in [0.15, 0.2) is 0 Å². The average molecular weight is 281 g/mol. The number of carbonyl (C=O) groups is 1. The fourth-order valence-corrected chi connectivity index (χ4v) is 2.30. The second kappa shape index (κ2) is 9.14. The Kier molecular flexibility index (Phi) is 7.85. The van der Waals surface area contributed by atoms with Crippen molar-refractivity contribution in [2.75, 3.05) is 32.7 Å². The van der Waals surface area contributed by atoms with E-state index in [9.17, 15) is 4.79 Å². The summed E-state index contributed by atoms with van der Waals surface area (Å²) < 4.78 is 0. The molecule has 0 aliphatic carbocycles. The lowest BCUT2D eigenvalue weighted by Crippen LogP contribution is -2.44. The SMILES string of the molecule is CC(C)=CCN1CCC(NCCNC(=O)C(C)C)CC1. The molecule has 0 saturated carbocycles. The van der Waals surface area contributed by atoms with Gasteiger partial charge in [0.25, 0.3) is 0 Å². The standard InChI is InChI=1S/C16H31N3O/c1-13(2)5-10-19-11-6-15(7-12-19)17-8-9-18-16(20)14(3)4/h5,14-15,17H,6-12H2,1-4H3,(H,18,20).